The highest BCUT2D eigenvalue weighted by atomic mass is 32.2. The summed E-state index contributed by atoms with van der Waals surface area (Å²) in [4.78, 5) is 22.5. The van der Waals surface area contributed by atoms with Crippen LogP contribution in [0.1, 0.15) is 16.1 Å². The topological polar surface area (TPSA) is 129 Å². The third kappa shape index (κ3) is 4.21. The lowest BCUT2D eigenvalue weighted by molar-refractivity contribution is -0.134. The molecule has 20 heavy (non-hydrogen) atoms. The number of ether oxygens (including phenoxy) is 1. The lowest BCUT2D eigenvalue weighted by Gasteiger charge is -1.99. The molecule has 0 unspecified atom stereocenters. The third-order valence-electron chi connectivity index (χ3n) is 2.26. The van der Waals surface area contributed by atoms with Crippen LogP contribution in [0.15, 0.2) is 27.7 Å². The fourth-order valence-corrected chi connectivity index (χ4v) is 1.81. The molecule has 0 bridgehead atoms. The Morgan fingerprint density at radius 2 is 2.15 bits per heavy atom. The second kappa shape index (κ2) is 6.35. The molecule has 1 aromatic heterocycles. The standard InChI is InChI=1S/C11H14N2O6S/c1-7-8(6-10(19-7)20(12,16)17)11(15)13-5-3-4-9(14)18-2/h3-4,6H,5H2,1-2H3,(H,13,15)(H2,12,16,17)/b4-3+. The summed E-state index contributed by atoms with van der Waals surface area (Å²) in [6, 6.07) is 1.05. The van der Waals surface area contributed by atoms with Gasteiger partial charge < -0.3 is 14.5 Å². The van der Waals surface area contributed by atoms with Crippen LogP contribution >= 0.6 is 0 Å². The molecule has 0 atom stereocenters. The molecule has 0 saturated carbocycles. The summed E-state index contributed by atoms with van der Waals surface area (Å²) >= 11 is 0. The average Bonchev–Trinajstić information content (AvgIpc) is 2.76. The summed E-state index contributed by atoms with van der Waals surface area (Å²) in [5.74, 6) is -0.964. The number of methoxy groups -OCH3 is 1. The van der Waals surface area contributed by atoms with Crippen LogP contribution in [0.2, 0.25) is 0 Å². The second-order valence-corrected chi connectivity index (χ2v) is 5.21. The number of carbonyl (C=O) groups excluding carboxylic acids is 2. The number of primary sulfonamides is 1. The molecule has 1 aromatic rings. The normalized spacial score (nSPS) is 11.6. The molecule has 0 aliphatic heterocycles. The van der Waals surface area contributed by atoms with E-state index in [1.807, 2.05) is 0 Å². The van der Waals surface area contributed by atoms with E-state index in [0.717, 1.165) is 12.1 Å². The maximum Gasteiger partial charge on any atom is 0.330 e. The van der Waals surface area contributed by atoms with Gasteiger partial charge in [-0.3, -0.25) is 4.79 Å². The van der Waals surface area contributed by atoms with Crippen molar-refractivity contribution in [1.82, 2.24) is 5.32 Å². The van der Waals surface area contributed by atoms with E-state index in [4.69, 9.17) is 9.56 Å². The molecular weight excluding hydrogens is 288 g/mol. The fraction of sp³-hybridized carbons (Fsp3) is 0.273. The van der Waals surface area contributed by atoms with E-state index in [-0.39, 0.29) is 17.9 Å². The monoisotopic (exact) mass is 302 g/mol. The van der Waals surface area contributed by atoms with Gasteiger partial charge in [0, 0.05) is 18.7 Å². The maximum atomic E-state index is 11.8. The molecule has 9 heteroatoms. The first kappa shape index (κ1) is 15.9. The van der Waals surface area contributed by atoms with Gasteiger partial charge in [0.05, 0.1) is 12.7 Å². The number of rotatable bonds is 5. The van der Waals surface area contributed by atoms with Crippen molar-refractivity contribution in [1.29, 1.82) is 0 Å². The van der Waals surface area contributed by atoms with Crippen LogP contribution in [0.5, 0.6) is 0 Å². The van der Waals surface area contributed by atoms with Gasteiger partial charge >= 0.3 is 5.97 Å². The number of aryl methyl sites for hydroxylation is 1. The van der Waals surface area contributed by atoms with E-state index in [0.29, 0.717) is 0 Å². The second-order valence-electron chi connectivity index (χ2n) is 3.72. The smallest absolute Gasteiger partial charge is 0.330 e. The van der Waals surface area contributed by atoms with Gasteiger partial charge in [0.25, 0.3) is 15.9 Å². The molecule has 3 N–H and O–H groups in total. The Labute approximate surface area is 115 Å². The maximum absolute atomic E-state index is 11.8. The summed E-state index contributed by atoms with van der Waals surface area (Å²) in [5.41, 5.74) is 0.0560. The first-order valence-corrected chi connectivity index (χ1v) is 6.96. The SMILES string of the molecule is COC(=O)/C=C/CNC(=O)c1cc(S(N)(=O)=O)oc1C. The number of hydrogen-bond donors (Lipinski definition) is 2. The minimum Gasteiger partial charge on any atom is -0.466 e. The molecule has 1 rings (SSSR count). The van der Waals surface area contributed by atoms with Crippen LogP contribution in [0.25, 0.3) is 0 Å². The molecule has 0 aromatic carbocycles. The van der Waals surface area contributed by atoms with Gasteiger partial charge in [0.2, 0.25) is 5.09 Å². The average molecular weight is 302 g/mol. The van der Waals surface area contributed by atoms with Crippen molar-refractivity contribution < 1.29 is 27.2 Å². The Bertz CT molecular complexity index is 644. The van der Waals surface area contributed by atoms with Crippen molar-refractivity contribution in [3.8, 4) is 0 Å². The molecular formula is C11H14N2O6S. The summed E-state index contributed by atoms with van der Waals surface area (Å²) in [6.45, 7) is 1.51. The van der Waals surface area contributed by atoms with Gasteiger partial charge in [-0.15, -0.1) is 0 Å². The van der Waals surface area contributed by atoms with Gasteiger partial charge in [0.15, 0.2) is 0 Å². The summed E-state index contributed by atoms with van der Waals surface area (Å²) in [6.07, 6.45) is 2.54. The molecule has 1 amide bonds. The first-order chi connectivity index (χ1) is 9.25. The molecule has 0 spiro atoms. The van der Waals surface area contributed by atoms with Gasteiger partial charge in [-0.05, 0) is 6.92 Å². The largest absolute Gasteiger partial charge is 0.466 e. The van der Waals surface area contributed by atoms with Crippen molar-refractivity contribution in [2.45, 2.75) is 12.0 Å². The lowest BCUT2D eigenvalue weighted by Crippen LogP contribution is -2.23. The Kier molecular flexibility index (Phi) is 5.06. The van der Waals surface area contributed by atoms with Crippen molar-refractivity contribution in [2.24, 2.45) is 5.14 Å². The molecule has 0 saturated heterocycles. The summed E-state index contributed by atoms with van der Waals surface area (Å²) in [7, 11) is -2.77. The lowest BCUT2D eigenvalue weighted by atomic mass is 10.2. The minimum absolute atomic E-state index is 0.0560. The number of nitrogens with one attached hydrogen (secondary N) is 1. The number of sulfonamides is 1. The number of esters is 1. The molecule has 0 radical (unpaired) electrons. The Morgan fingerprint density at radius 3 is 2.65 bits per heavy atom. The number of furan rings is 1. The molecule has 1 heterocycles. The third-order valence-corrected chi connectivity index (χ3v) is 3.02. The summed E-state index contributed by atoms with van der Waals surface area (Å²) in [5, 5.41) is 6.87. The van der Waals surface area contributed by atoms with Crippen LogP contribution in [0.4, 0.5) is 0 Å². The van der Waals surface area contributed by atoms with Crippen LogP contribution in [0.3, 0.4) is 0 Å². The zero-order valence-corrected chi connectivity index (χ0v) is 11.7. The van der Waals surface area contributed by atoms with Gasteiger partial charge in [0.1, 0.15) is 5.76 Å². The Morgan fingerprint density at radius 1 is 1.50 bits per heavy atom. The van der Waals surface area contributed by atoms with Gasteiger partial charge in [-0.2, -0.15) is 0 Å². The minimum atomic E-state index is -4.00. The highest BCUT2D eigenvalue weighted by Crippen LogP contribution is 2.17. The van der Waals surface area contributed by atoms with Crippen LogP contribution in [-0.4, -0.2) is 33.9 Å². The predicted molar refractivity (Wildman–Crippen MR) is 68.3 cm³/mol. The van der Waals surface area contributed by atoms with Crippen molar-refractivity contribution in [3.63, 3.8) is 0 Å². The van der Waals surface area contributed by atoms with Crippen molar-refractivity contribution in [3.05, 3.63) is 29.5 Å². The summed E-state index contributed by atoms with van der Waals surface area (Å²) < 4.78 is 31.4. The van der Waals surface area contributed by atoms with E-state index < -0.39 is 27.0 Å². The highest BCUT2D eigenvalue weighted by Gasteiger charge is 2.20. The predicted octanol–water partition coefficient (Wildman–Crippen LogP) is -0.306. The number of nitrogens with two attached hydrogens (primary N) is 1. The Hall–Kier alpha value is -2.13. The van der Waals surface area contributed by atoms with Gasteiger partial charge in [-0.25, -0.2) is 18.4 Å². The van der Waals surface area contributed by atoms with Crippen molar-refractivity contribution >= 4 is 21.9 Å². The van der Waals surface area contributed by atoms with E-state index in [2.05, 4.69) is 10.1 Å². The molecule has 0 aliphatic rings. The van der Waals surface area contributed by atoms with Gasteiger partial charge in [-0.1, -0.05) is 6.08 Å². The zero-order chi connectivity index (χ0) is 15.3. The van der Waals surface area contributed by atoms with Crippen molar-refractivity contribution in [2.75, 3.05) is 13.7 Å². The van der Waals surface area contributed by atoms with E-state index in [1.165, 1.54) is 20.1 Å². The Balaban J connectivity index is 2.72. The zero-order valence-electron chi connectivity index (χ0n) is 10.9. The van der Waals surface area contributed by atoms with Crippen LogP contribution in [0, 0.1) is 6.92 Å². The molecule has 0 aliphatic carbocycles. The molecule has 8 nitrogen and oxygen atoms in total. The number of hydrogen-bond acceptors (Lipinski definition) is 6. The first-order valence-electron chi connectivity index (χ1n) is 5.41. The van der Waals surface area contributed by atoms with Crippen LogP contribution < -0.4 is 10.5 Å². The molecule has 0 fully saturated rings. The number of amides is 1. The number of carbonyl (C=O) groups is 2. The van der Waals surface area contributed by atoms with Crippen LogP contribution in [-0.2, 0) is 19.6 Å². The highest BCUT2D eigenvalue weighted by molar-refractivity contribution is 7.89. The van der Waals surface area contributed by atoms with E-state index in [1.54, 1.807) is 0 Å². The fourth-order valence-electron chi connectivity index (χ4n) is 1.29. The quantitative estimate of drug-likeness (QED) is 0.567. The molecule has 110 valence electrons. The van der Waals surface area contributed by atoms with E-state index >= 15 is 0 Å². The van der Waals surface area contributed by atoms with E-state index in [9.17, 15) is 18.0 Å².